The molecule has 0 aromatic heterocycles. The van der Waals surface area contributed by atoms with Crippen LogP contribution in [0, 0.1) is 0 Å². The monoisotopic (exact) mass is 248 g/mol. The highest BCUT2D eigenvalue weighted by atomic mass is 35.5. The van der Waals surface area contributed by atoms with Crippen LogP contribution in [0.4, 0.5) is 5.69 Å². The highest BCUT2D eigenvalue weighted by molar-refractivity contribution is 7.89. The van der Waals surface area contributed by atoms with E-state index in [1.807, 2.05) is 0 Å². The maximum absolute atomic E-state index is 11.3. The van der Waals surface area contributed by atoms with Crippen LogP contribution in [0.3, 0.4) is 0 Å². The third-order valence-electron chi connectivity index (χ3n) is 2.33. The number of fused-ring (bicyclic) bond motifs is 1. The molecule has 82 valence electrons. The fourth-order valence-electron chi connectivity index (χ4n) is 1.54. The number of anilines is 1. The molecular formula is C8H9ClN2O3S. The molecule has 5 nitrogen and oxygen atoms in total. The summed E-state index contributed by atoms with van der Waals surface area (Å²) in [7, 11) is -3.82. The summed E-state index contributed by atoms with van der Waals surface area (Å²) >= 11 is 5.86. The Morgan fingerprint density at radius 3 is 2.87 bits per heavy atom. The molecule has 2 rings (SSSR count). The van der Waals surface area contributed by atoms with Crippen molar-refractivity contribution in [1.29, 1.82) is 0 Å². The molecule has 0 amide bonds. The van der Waals surface area contributed by atoms with Gasteiger partial charge < -0.3 is 5.21 Å². The average Bonchev–Trinajstić information content (AvgIpc) is 2.60. The standard InChI is InChI=1S/C8H9ClN2O3S/c9-11-4-3-6-1-2-7(5-8(6)11)15(13,14)10-12/h1-2,5,10,12H,3-4H2. The highest BCUT2D eigenvalue weighted by Gasteiger charge is 2.21. The zero-order valence-corrected chi connectivity index (χ0v) is 9.22. The first-order valence-electron chi connectivity index (χ1n) is 4.27. The van der Waals surface area contributed by atoms with Gasteiger partial charge in [0.05, 0.1) is 10.6 Å². The molecule has 1 aliphatic heterocycles. The maximum Gasteiger partial charge on any atom is 0.262 e. The Kier molecular flexibility index (Phi) is 2.59. The van der Waals surface area contributed by atoms with Gasteiger partial charge in [-0.2, -0.15) is 0 Å². The van der Waals surface area contributed by atoms with Crippen LogP contribution < -0.4 is 9.30 Å². The molecule has 1 aromatic carbocycles. The third kappa shape index (κ3) is 1.81. The Bertz CT molecular complexity index is 489. The number of rotatable bonds is 2. The van der Waals surface area contributed by atoms with Gasteiger partial charge in [0.15, 0.2) is 0 Å². The van der Waals surface area contributed by atoms with Crippen LogP contribution >= 0.6 is 11.8 Å². The number of benzene rings is 1. The Balaban J connectivity index is 2.51. The summed E-state index contributed by atoms with van der Waals surface area (Å²) in [6.45, 7) is 0.660. The number of nitrogens with zero attached hydrogens (tertiary/aromatic N) is 1. The van der Waals surface area contributed by atoms with Crippen LogP contribution in [0.2, 0.25) is 0 Å². The summed E-state index contributed by atoms with van der Waals surface area (Å²) in [6.07, 6.45) is 0.797. The Morgan fingerprint density at radius 1 is 1.47 bits per heavy atom. The summed E-state index contributed by atoms with van der Waals surface area (Å²) in [6, 6.07) is 4.57. The van der Waals surface area contributed by atoms with E-state index in [1.165, 1.54) is 21.4 Å². The molecule has 15 heavy (non-hydrogen) atoms. The number of nitrogens with one attached hydrogen (secondary N) is 1. The zero-order chi connectivity index (χ0) is 11.1. The molecule has 7 heteroatoms. The summed E-state index contributed by atoms with van der Waals surface area (Å²) in [5.74, 6) is 0. The van der Waals surface area contributed by atoms with E-state index in [9.17, 15) is 8.42 Å². The molecule has 1 aromatic rings. The van der Waals surface area contributed by atoms with E-state index < -0.39 is 10.0 Å². The SMILES string of the molecule is O=S(=O)(NO)c1ccc2c(c1)N(Cl)CC2. The van der Waals surface area contributed by atoms with Crippen molar-refractivity contribution >= 4 is 27.5 Å². The second-order valence-electron chi connectivity index (χ2n) is 3.22. The first-order valence-corrected chi connectivity index (χ1v) is 6.09. The molecular weight excluding hydrogens is 240 g/mol. The van der Waals surface area contributed by atoms with E-state index in [0.717, 1.165) is 12.0 Å². The molecule has 0 atom stereocenters. The highest BCUT2D eigenvalue weighted by Crippen LogP contribution is 2.31. The van der Waals surface area contributed by atoms with Crippen LogP contribution in [-0.2, 0) is 16.4 Å². The topological polar surface area (TPSA) is 69.6 Å². The second-order valence-corrected chi connectivity index (χ2v) is 5.29. The van der Waals surface area contributed by atoms with E-state index in [-0.39, 0.29) is 4.90 Å². The van der Waals surface area contributed by atoms with Gasteiger partial charge in [-0.05, 0) is 24.1 Å². The molecule has 0 spiro atoms. The van der Waals surface area contributed by atoms with Crippen molar-refractivity contribution in [3.63, 3.8) is 0 Å². The minimum Gasteiger partial charge on any atom is -0.302 e. The number of hydrogen-bond donors (Lipinski definition) is 2. The Hall–Kier alpha value is -0.820. The molecule has 0 radical (unpaired) electrons. The number of hydrogen-bond acceptors (Lipinski definition) is 4. The van der Waals surface area contributed by atoms with Crippen molar-refractivity contribution in [2.45, 2.75) is 11.3 Å². The molecule has 0 fully saturated rings. The molecule has 0 saturated heterocycles. The quantitative estimate of drug-likeness (QED) is 0.602. The van der Waals surface area contributed by atoms with Crippen LogP contribution in [0.15, 0.2) is 23.1 Å². The third-order valence-corrected chi connectivity index (χ3v) is 3.79. The molecule has 1 aliphatic rings. The van der Waals surface area contributed by atoms with E-state index in [0.29, 0.717) is 12.2 Å². The largest absolute Gasteiger partial charge is 0.302 e. The first-order chi connectivity index (χ1) is 7.04. The molecule has 0 unspecified atom stereocenters. The number of sulfonamides is 1. The smallest absolute Gasteiger partial charge is 0.262 e. The summed E-state index contributed by atoms with van der Waals surface area (Å²) < 4.78 is 24.0. The van der Waals surface area contributed by atoms with E-state index in [4.69, 9.17) is 17.0 Å². The van der Waals surface area contributed by atoms with Gasteiger partial charge in [0.1, 0.15) is 0 Å². The normalized spacial score (nSPS) is 15.5. The Labute approximate surface area is 92.4 Å². The zero-order valence-electron chi connectivity index (χ0n) is 7.64. The summed E-state index contributed by atoms with van der Waals surface area (Å²) in [5, 5.41) is 8.48. The van der Waals surface area contributed by atoms with Gasteiger partial charge in [-0.1, -0.05) is 11.0 Å². The fraction of sp³-hybridized carbons (Fsp3) is 0.250. The van der Waals surface area contributed by atoms with Gasteiger partial charge in [0.25, 0.3) is 10.0 Å². The van der Waals surface area contributed by atoms with E-state index >= 15 is 0 Å². The molecule has 0 bridgehead atoms. The van der Waals surface area contributed by atoms with Crippen LogP contribution in [0.25, 0.3) is 0 Å². The van der Waals surface area contributed by atoms with Gasteiger partial charge in [-0.15, -0.1) is 0 Å². The lowest BCUT2D eigenvalue weighted by molar-refractivity contribution is 0.242. The maximum atomic E-state index is 11.3. The van der Waals surface area contributed by atoms with Gasteiger partial charge in [0, 0.05) is 18.3 Å². The van der Waals surface area contributed by atoms with Crippen molar-refractivity contribution in [3.8, 4) is 0 Å². The lowest BCUT2D eigenvalue weighted by atomic mass is 10.2. The van der Waals surface area contributed by atoms with Gasteiger partial charge >= 0.3 is 0 Å². The van der Waals surface area contributed by atoms with Gasteiger partial charge in [-0.3, -0.25) is 4.42 Å². The minimum atomic E-state index is -3.82. The van der Waals surface area contributed by atoms with Crippen molar-refractivity contribution in [3.05, 3.63) is 23.8 Å². The first kappa shape index (κ1) is 10.7. The van der Waals surface area contributed by atoms with Gasteiger partial charge in [0.2, 0.25) is 0 Å². The average molecular weight is 249 g/mol. The van der Waals surface area contributed by atoms with Gasteiger partial charge in [-0.25, -0.2) is 8.42 Å². The van der Waals surface area contributed by atoms with Crippen molar-refractivity contribution in [2.75, 3.05) is 11.0 Å². The summed E-state index contributed by atoms with van der Waals surface area (Å²) in [5.41, 5.74) is 1.68. The molecule has 1 heterocycles. The van der Waals surface area contributed by atoms with Crippen molar-refractivity contribution < 1.29 is 13.6 Å². The molecule has 2 N–H and O–H groups in total. The van der Waals surface area contributed by atoms with Crippen molar-refractivity contribution in [2.24, 2.45) is 0 Å². The molecule has 0 aliphatic carbocycles. The molecule has 0 saturated carbocycles. The minimum absolute atomic E-state index is 0.00343. The predicted octanol–water partition coefficient (Wildman–Crippen LogP) is 0.870. The van der Waals surface area contributed by atoms with Crippen LogP contribution in [0.1, 0.15) is 5.56 Å². The van der Waals surface area contributed by atoms with E-state index in [2.05, 4.69) is 0 Å². The second kappa shape index (κ2) is 3.64. The van der Waals surface area contributed by atoms with Crippen LogP contribution in [0.5, 0.6) is 0 Å². The van der Waals surface area contributed by atoms with Crippen molar-refractivity contribution in [1.82, 2.24) is 4.89 Å². The lowest BCUT2D eigenvalue weighted by Crippen LogP contribution is -2.19. The Morgan fingerprint density at radius 2 is 2.20 bits per heavy atom. The van der Waals surface area contributed by atoms with Crippen LogP contribution in [-0.4, -0.2) is 20.2 Å². The van der Waals surface area contributed by atoms with E-state index in [1.54, 1.807) is 6.07 Å². The lowest BCUT2D eigenvalue weighted by Gasteiger charge is -2.09. The summed E-state index contributed by atoms with van der Waals surface area (Å²) in [4.78, 5) is 1.27. The predicted molar refractivity (Wildman–Crippen MR) is 55.5 cm³/mol. The fourth-order valence-corrected chi connectivity index (χ4v) is 2.40. The number of halogens is 1.